The number of furan rings is 1. The van der Waals surface area contributed by atoms with Crippen molar-refractivity contribution >= 4 is 28.7 Å². The summed E-state index contributed by atoms with van der Waals surface area (Å²) in [6, 6.07) is 13.4. The van der Waals surface area contributed by atoms with Gasteiger partial charge in [-0.25, -0.2) is 4.98 Å². The maximum absolute atomic E-state index is 12.5. The molecular formula is C17H16N4O2S. The second-order valence-electron chi connectivity index (χ2n) is 5.15. The Balaban J connectivity index is 1.62. The number of nitriles is 1. The van der Waals surface area contributed by atoms with Crippen LogP contribution in [0.4, 0.5) is 0 Å². The lowest BCUT2D eigenvalue weighted by molar-refractivity contribution is -0.129. The largest absolute Gasteiger partial charge is 0.467 e. The zero-order chi connectivity index (χ0) is 16.8. The third-order valence-electron chi connectivity index (χ3n) is 3.47. The van der Waals surface area contributed by atoms with Crippen LogP contribution in [0.25, 0.3) is 11.0 Å². The molecule has 0 radical (unpaired) electrons. The van der Waals surface area contributed by atoms with E-state index in [1.54, 1.807) is 17.2 Å². The zero-order valence-electron chi connectivity index (χ0n) is 12.9. The molecule has 1 amide bonds. The number of amides is 1. The van der Waals surface area contributed by atoms with Gasteiger partial charge in [0.05, 0.1) is 42.1 Å². The minimum absolute atomic E-state index is 0.0490. The van der Waals surface area contributed by atoms with Gasteiger partial charge in [-0.3, -0.25) is 4.79 Å². The van der Waals surface area contributed by atoms with Crippen LogP contribution in [0.5, 0.6) is 0 Å². The van der Waals surface area contributed by atoms with Gasteiger partial charge in [0.15, 0.2) is 5.16 Å². The maximum atomic E-state index is 12.5. The molecule has 7 heteroatoms. The van der Waals surface area contributed by atoms with Crippen LogP contribution in [0, 0.1) is 11.3 Å². The van der Waals surface area contributed by atoms with E-state index in [9.17, 15) is 4.79 Å². The van der Waals surface area contributed by atoms with E-state index in [2.05, 4.69) is 16.0 Å². The number of rotatable bonds is 7. The van der Waals surface area contributed by atoms with Crippen molar-refractivity contribution in [3.05, 3.63) is 48.4 Å². The minimum atomic E-state index is -0.0490. The predicted octanol–water partition coefficient (Wildman–Crippen LogP) is 3.19. The minimum Gasteiger partial charge on any atom is -0.467 e. The first kappa shape index (κ1) is 16.1. The Hall–Kier alpha value is -2.72. The summed E-state index contributed by atoms with van der Waals surface area (Å²) in [6.45, 7) is 0.755. The van der Waals surface area contributed by atoms with Crippen molar-refractivity contribution in [2.75, 3.05) is 12.3 Å². The number of benzene rings is 1. The lowest BCUT2D eigenvalue weighted by atomic mass is 10.3. The first-order valence-corrected chi connectivity index (χ1v) is 8.49. The van der Waals surface area contributed by atoms with E-state index in [1.807, 2.05) is 30.3 Å². The Morgan fingerprint density at radius 1 is 1.33 bits per heavy atom. The second kappa shape index (κ2) is 7.70. The molecule has 0 aliphatic heterocycles. The molecule has 24 heavy (non-hydrogen) atoms. The first-order chi connectivity index (χ1) is 11.8. The topological polar surface area (TPSA) is 85.9 Å². The van der Waals surface area contributed by atoms with E-state index < -0.39 is 0 Å². The summed E-state index contributed by atoms with van der Waals surface area (Å²) < 4.78 is 5.29. The second-order valence-corrected chi connectivity index (χ2v) is 6.11. The quantitative estimate of drug-likeness (QED) is 0.668. The summed E-state index contributed by atoms with van der Waals surface area (Å²) in [6.07, 6.45) is 1.87. The van der Waals surface area contributed by atoms with Crippen LogP contribution in [-0.2, 0) is 11.3 Å². The van der Waals surface area contributed by atoms with Gasteiger partial charge in [-0.1, -0.05) is 23.9 Å². The maximum Gasteiger partial charge on any atom is 0.233 e. The van der Waals surface area contributed by atoms with Gasteiger partial charge in [0.1, 0.15) is 5.76 Å². The number of hydrogen-bond acceptors (Lipinski definition) is 5. The third kappa shape index (κ3) is 3.97. The molecule has 3 aromatic rings. The van der Waals surface area contributed by atoms with E-state index in [-0.39, 0.29) is 11.7 Å². The Morgan fingerprint density at radius 3 is 2.96 bits per heavy atom. The Morgan fingerprint density at radius 2 is 2.21 bits per heavy atom. The number of nitrogens with one attached hydrogen (secondary N) is 1. The van der Waals surface area contributed by atoms with Crippen LogP contribution in [0.1, 0.15) is 12.2 Å². The SMILES string of the molecule is N#CCCN(Cc1ccco1)C(=O)CSc1nc2ccccc2[nH]1. The number of aromatic amines is 1. The standard InChI is InChI=1S/C17H16N4O2S/c18-8-4-9-21(11-13-5-3-10-23-13)16(22)12-24-17-19-14-6-1-2-7-15(14)20-17/h1-3,5-7,10H,4,9,11-12H2,(H,19,20). The van der Waals surface area contributed by atoms with E-state index in [0.29, 0.717) is 30.4 Å². The predicted molar refractivity (Wildman–Crippen MR) is 91.2 cm³/mol. The number of imidazole rings is 1. The van der Waals surface area contributed by atoms with Gasteiger partial charge in [-0.2, -0.15) is 5.26 Å². The van der Waals surface area contributed by atoms with Crippen LogP contribution in [0.2, 0.25) is 0 Å². The molecule has 0 aliphatic rings. The smallest absolute Gasteiger partial charge is 0.233 e. The van der Waals surface area contributed by atoms with Crippen molar-refractivity contribution in [1.29, 1.82) is 5.26 Å². The average molecular weight is 340 g/mol. The number of hydrogen-bond donors (Lipinski definition) is 1. The molecule has 3 rings (SSSR count). The van der Waals surface area contributed by atoms with Crippen molar-refractivity contribution in [2.24, 2.45) is 0 Å². The summed E-state index contributed by atoms with van der Waals surface area (Å²) in [4.78, 5) is 21.7. The lowest BCUT2D eigenvalue weighted by Crippen LogP contribution is -2.32. The molecule has 2 aromatic heterocycles. The molecule has 2 heterocycles. The normalized spacial score (nSPS) is 10.6. The molecule has 0 unspecified atom stereocenters. The molecule has 0 saturated carbocycles. The Labute approximate surface area is 143 Å². The van der Waals surface area contributed by atoms with Gasteiger partial charge in [-0.15, -0.1) is 0 Å². The zero-order valence-corrected chi connectivity index (χ0v) is 13.8. The fraction of sp³-hybridized carbons (Fsp3) is 0.235. The molecule has 0 aliphatic carbocycles. The number of thioether (sulfide) groups is 1. The number of H-pyrrole nitrogens is 1. The number of aromatic nitrogens is 2. The Kier molecular flexibility index (Phi) is 5.18. The fourth-order valence-corrected chi connectivity index (χ4v) is 3.07. The summed E-state index contributed by atoms with van der Waals surface area (Å²) in [5.74, 6) is 0.911. The number of para-hydroxylation sites is 2. The lowest BCUT2D eigenvalue weighted by Gasteiger charge is -2.20. The van der Waals surface area contributed by atoms with Crippen LogP contribution in [-0.4, -0.2) is 33.1 Å². The highest BCUT2D eigenvalue weighted by Crippen LogP contribution is 2.20. The van der Waals surface area contributed by atoms with E-state index in [0.717, 1.165) is 11.0 Å². The van der Waals surface area contributed by atoms with Crippen LogP contribution >= 0.6 is 11.8 Å². The van der Waals surface area contributed by atoms with Gasteiger partial charge >= 0.3 is 0 Å². The van der Waals surface area contributed by atoms with Crippen molar-refractivity contribution in [1.82, 2.24) is 14.9 Å². The average Bonchev–Trinajstić information content (AvgIpc) is 3.25. The van der Waals surface area contributed by atoms with Gasteiger partial charge in [0.25, 0.3) is 0 Å². The van der Waals surface area contributed by atoms with E-state index >= 15 is 0 Å². The third-order valence-corrected chi connectivity index (χ3v) is 4.33. The molecule has 1 aromatic carbocycles. The van der Waals surface area contributed by atoms with Crippen molar-refractivity contribution in [3.8, 4) is 6.07 Å². The van der Waals surface area contributed by atoms with Gasteiger partial charge < -0.3 is 14.3 Å². The number of carbonyl (C=O) groups excluding carboxylic acids is 1. The van der Waals surface area contributed by atoms with Crippen molar-refractivity contribution in [2.45, 2.75) is 18.1 Å². The molecule has 122 valence electrons. The molecule has 0 fully saturated rings. The molecule has 0 bridgehead atoms. The highest BCUT2D eigenvalue weighted by atomic mass is 32.2. The highest BCUT2D eigenvalue weighted by molar-refractivity contribution is 7.99. The summed E-state index contributed by atoms with van der Waals surface area (Å²) in [5, 5.41) is 9.49. The first-order valence-electron chi connectivity index (χ1n) is 7.51. The summed E-state index contributed by atoms with van der Waals surface area (Å²) in [7, 11) is 0. The number of fused-ring (bicyclic) bond motifs is 1. The molecular weight excluding hydrogens is 324 g/mol. The summed E-state index contributed by atoms with van der Waals surface area (Å²) >= 11 is 1.36. The Bertz CT molecular complexity index is 818. The van der Waals surface area contributed by atoms with E-state index in [1.165, 1.54) is 11.8 Å². The van der Waals surface area contributed by atoms with Crippen molar-refractivity contribution in [3.63, 3.8) is 0 Å². The highest BCUT2D eigenvalue weighted by Gasteiger charge is 2.16. The van der Waals surface area contributed by atoms with Crippen LogP contribution in [0.3, 0.4) is 0 Å². The van der Waals surface area contributed by atoms with Gasteiger partial charge in [-0.05, 0) is 24.3 Å². The molecule has 0 atom stereocenters. The molecule has 1 N–H and O–H groups in total. The molecule has 0 saturated heterocycles. The molecule has 0 spiro atoms. The fourth-order valence-electron chi connectivity index (χ4n) is 2.29. The van der Waals surface area contributed by atoms with Crippen LogP contribution < -0.4 is 0 Å². The van der Waals surface area contributed by atoms with Crippen LogP contribution in [0.15, 0.2) is 52.2 Å². The van der Waals surface area contributed by atoms with Gasteiger partial charge in [0, 0.05) is 6.54 Å². The number of carbonyl (C=O) groups is 1. The number of nitrogens with zero attached hydrogens (tertiary/aromatic N) is 3. The van der Waals surface area contributed by atoms with E-state index in [4.69, 9.17) is 9.68 Å². The summed E-state index contributed by atoms with van der Waals surface area (Å²) in [5.41, 5.74) is 1.83. The van der Waals surface area contributed by atoms with Gasteiger partial charge in [0.2, 0.25) is 5.91 Å². The van der Waals surface area contributed by atoms with Crippen molar-refractivity contribution < 1.29 is 9.21 Å². The molecule has 6 nitrogen and oxygen atoms in total. The monoisotopic (exact) mass is 340 g/mol.